The molecule has 0 aliphatic carbocycles. The summed E-state index contributed by atoms with van der Waals surface area (Å²) in [5, 5.41) is 11.2. The first-order chi connectivity index (χ1) is 8.16. The lowest BCUT2D eigenvalue weighted by Gasteiger charge is -2.05. The minimum atomic E-state index is -0.980. The van der Waals surface area contributed by atoms with E-state index in [9.17, 15) is 4.79 Å². The van der Waals surface area contributed by atoms with E-state index in [1.165, 1.54) is 18.3 Å². The molecule has 6 heteroatoms. The van der Waals surface area contributed by atoms with Crippen molar-refractivity contribution in [2.45, 2.75) is 19.6 Å². The second-order valence-electron chi connectivity index (χ2n) is 3.41. The summed E-state index contributed by atoms with van der Waals surface area (Å²) in [6, 6.07) is 3.61. The van der Waals surface area contributed by atoms with E-state index in [2.05, 4.69) is 4.98 Å². The monoisotopic (exact) mass is 253 g/mol. The summed E-state index contributed by atoms with van der Waals surface area (Å²) >= 11 is 1.44. The van der Waals surface area contributed by atoms with Gasteiger partial charge in [-0.3, -0.25) is 0 Å². The summed E-state index contributed by atoms with van der Waals surface area (Å²) in [4.78, 5) is 14.8. The third-order valence-electron chi connectivity index (χ3n) is 2.11. The van der Waals surface area contributed by atoms with Crippen LogP contribution in [0.5, 0.6) is 0 Å². The fraction of sp³-hybridized carbons (Fsp3) is 0.273. The molecule has 5 nitrogen and oxygen atoms in total. The molecule has 1 N–H and O–H groups in total. The maximum atomic E-state index is 10.6. The zero-order valence-electron chi connectivity index (χ0n) is 9.12. The van der Waals surface area contributed by atoms with Crippen LogP contribution in [0.15, 0.2) is 28.2 Å². The molecule has 2 aromatic heterocycles. The Morgan fingerprint density at radius 1 is 1.71 bits per heavy atom. The first-order valence-corrected chi connectivity index (χ1v) is 5.87. The number of carboxylic acid groups (broad SMARTS) is 1. The second kappa shape index (κ2) is 5.11. The van der Waals surface area contributed by atoms with Gasteiger partial charge in [-0.05, 0) is 19.1 Å². The van der Waals surface area contributed by atoms with Crippen molar-refractivity contribution in [3.8, 4) is 10.8 Å². The fourth-order valence-electron chi connectivity index (χ4n) is 1.17. The van der Waals surface area contributed by atoms with E-state index < -0.39 is 12.1 Å². The fourth-order valence-corrected chi connectivity index (χ4v) is 1.94. The molecule has 0 fully saturated rings. The predicted octanol–water partition coefficient (Wildman–Crippen LogP) is 2.39. The quantitative estimate of drug-likeness (QED) is 0.885. The van der Waals surface area contributed by atoms with E-state index >= 15 is 0 Å². The van der Waals surface area contributed by atoms with Gasteiger partial charge in [0.2, 0.25) is 0 Å². The van der Waals surface area contributed by atoms with Gasteiger partial charge in [-0.2, -0.15) is 0 Å². The van der Waals surface area contributed by atoms with Crippen molar-refractivity contribution in [2.24, 2.45) is 0 Å². The molecule has 0 unspecified atom stereocenters. The zero-order chi connectivity index (χ0) is 12.3. The van der Waals surface area contributed by atoms with Crippen LogP contribution in [0.2, 0.25) is 0 Å². The van der Waals surface area contributed by atoms with Crippen LogP contribution < -0.4 is 0 Å². The zero-order valence-corrected chi connectivity index (χ0v) is 9.94. The van der Waals surface area contributed by atoms with Gasteiger partial charge in [0.05, 0.1) is 18.6 Å². The van der Waals surface area contributed by atoms with Crippen molar-refractivity contribution in [2.75, 3.05) is 0 Å². The lowest BCUT2D eigenvalue weighted by Crippen LogP contribution is -2.19. The third kappa shape index (κ3) is 2.92. The normalized spacial score (nSPS) is 12.5. The summed E-state index contributed by atoms with van der Waals surface area (Å²) in [5.74, 6) is -0.279. The Bertz CT molecular complexity index is 491. The highest BCUT2D eigenvalue weighted by Crippen LogP contribution is 2.24. The molecule has 0 saturated heterocycles. The lowest BCUT2D eigenvalue weighted by molar-refractivity contribution is -0.149. The third-order valence-corrected chi connectivity index (χ3v) is 3.02. The van der Waals surface area contributed by atoms with E-state index in [1.54, 1.807) is 12.3 Å². The molecule has 0 amide bonds. The topological polar surface area (TPSA) is 72.6 Å². The van der Waals surface area contributed by atoms with Crippen LogP contribution in [-0.4, -0.2) is 22.2 Å². The molecule has 0 aromatic carbocycles. The average Bonchev–Trinajstić information content (AvgIpc) is 2.95. The number of furan rings is 1. The molecule has 2 heterocycles. The molecule has 0 spiro atoms. The summed E-state index contributed by atoms with van der Waals surface area (Å²) in [6.07, 6.45) is 0.753. The van der Waals surface area contributed by atoms with Crippen molar-refractivity contribution in [3.63, 3.8) is 0 Å². The number of aromatic nitrogens is 1. The number of thiazole rings is 1. The summed E-state index contributed by atoms with van der Waals surface area (Å²) in [7, 11) is 0. The van der Waals surface area contributed by atoms with Gasteiger partial charge < -0.3 is 14.3 Å². The summed E-state index contributed by atoms with van der Waals surface area (Å²) in [6.45, 7) is 1.67. The first-order valence-electron chi connectivity index (χ1n) is 4.99. The van der Waals surface area contributed by atoms with E-state index in [0.29, 0.717) is 11.5 Å². The van der Waals surface area contributed by atoms with E-state index in [4.69, 9.17) is 14.3 Å². The van der Waals surface area contributed by atoms with Gasteiger partial charge in [0.25, 0.3) is 0 Å². The number of hydrogen-bond donors (Lipinski definition) is 1. The Hall–Kier alpha value is -1.66. The largest absolute Gasteiger partial charge is 0.479 e. The van der Waals surface area contributed by atoms with Crippen molar-refractivity contribution in [3.05, 3.63) is 29.5 Å². The SMILES string of the molecule is C[C@@H](OCc1csc(-c2ccco2)n1)C(=O)O. The van der Waals surface area contributed by atoms with Gasteiger partial charge in [-0.1, -0.05) is 0 Å². The number of aliphatic carboxylic acids is 1. The highest BCUT2D eigenvalue weighted by Gasteiger charge is 2.13. The van der Waals surface area contributed by atoms with Crippen LogP contribution in [0.3, 0.4) is 0 Å². The van der Waals surface area contributed by atoms with Crippen molar-refractivity contribution in [1.29, 1.82) is 0 Å². The number of carboxylic acids is 1. The number of nitrogens with zero attached hydrogens (tertiary/aromatic N) is 1. The minimum Gasteiger partial charge on any atom is -0.479 e. The standard InChI is InChI=1S/C11H11NO4S/c1-7(11(13)14)16-5-8-6-17-10(12-8)9-3-2-4-15-9/h2-4,6-7H,5H2,1H3,(H,13,14)/t7-/m1/s1. The number of carbonyl (C=O) groups is 1. The molecule has 2 rings (SSSR count). The molecule has 0 aliphatic heterocycles. The van der Waals surface area contributed by atoms with Gasteiger partial charge >= 0.3 is 5.97 Å². The number of hydrogen-bond acceptors (Lipinski definition) is 5. The maximum Gasteiger partial charge on any atom is 0.332 e. The van der Waals surface area contributed by atoms with Gasteiger partial charge in [0.15, 0.2) is 16.9 Å². The summed E-state index contributed by atoms with van der Waals surface area (Å²) < 4.78 is 10.3. The van der Waals surface area contributed by atoms with Gasteiger partial charge in [0.1, 0.15) is 0 Å². The minimum absolute atomic E-state index is 0.185. The van der Waals surface area contributed by atoms with Crippen molar-refractivity contribution >= 4 is 17.3 Å². The Balaban J connectivity index is 1.97. The Morgan fingerprint density at radius 3 is 3.18 bits per heavy atom. The lowest BCUT2D eigenvalue weighted by atomic mass is 10.4. The van der Waals surface area contributed by atoms with Gasteiger partial charge in [0, 0.05) is 5.38 Å². The molecular weight excluding hydrogens is 242 g/mol. The van der Waals surface area contributed by atoms with Crippen molar-refractivity contribution < 1.29 is 19.1 Å². The molecule has 1 atom stereocenters. The molecule has 0 bridgehead atoms. The van der Waals surface area contributed by atoms with Crippen LogP contribution in [-0.2, 0) is 16.1 Å². The van der Waals surface area contributed by atoms with E-state index in [-0.39, 0.29) is 6.61 Å². The average molecular weight is 253 g/mol. The Kier molecular flexibility index (Phi) is 3.55. The Morgan fingerprint density at radius 2 is 2.53 bits per heavy atom. The predicted molar refractivity (Wildman–Crippen MR) is 61.7 cm³/mol. The number of ether oxygens (including phenoxy) is 1. The van der Waals surface area contributed by atoms with Crippen LogP contribution in [0, 0.1) is 0 Å². The molecule has 90 valence electrons. The van der Waals surface area contributed by atoms with Crippen LogP contribution in [0.1, 0.15) is 12.6 Å². The van der Waals surface area contributed by atoms with Gasteiger partial charge in [-0.25, -0.2) is 9.78 Å². The molecule has 0 radical (unpaired) electrons. The second-order valence-corrected chi connectivity index (χ2v) is 4.27. The van der Waals surface area contributed by atoms with Crippen LogP contribution in [0.4, 0.5) is 0 Å². The highest BCUT2D eigenvalue weighted by molar-refractivity contribution is 7.13. The van der Waals surface area contributed by atoms with E-state index in [1.807, 2.05) is 11.4 Å². The van der Waals surface area contributed by atoms with Crippen molar-refractivity contribution in [1.82, 2.24) is 4.98 Å². The number of rotatable bonds is 5. The smallest absolute Gasteiger partial charge is 0.332 e. The van der Waals surface area contributed by atoms with E-state index in [0.717, 1.165) is 5.01 Å². The molecule has 0 aliphatic rings. The highest BCUT2D eigenvalue weighted by atomic mass is 32.1. The maximum absolute atomic E-state index is 10.6. The molecular formula is C11H11NO4S. The van der Waals surface area contributed by atoms with Gasteiger partial charge in [-0.15, -0.1) is 11.3 Å². The van der Waals surface area contributed by atoms with Crippen LogP contribution >= 0.6 is 11.3 Å². The Labute approximate surface area is 102 Å². The van der Waals surface area contributed by atoms with Crippen LogP contribution in [0.25, 0.3) is 10.8 Å². The molecule has 17 heavy (non-hydrogen) atoms. The summed E-state index contributed by atoms with van der Waals surface area (Å²) in [5.41, 5.74) is 0.703. The molecule has 2 aromatic rings. The first kappa shape index (κ1) is 11.8. The molecule has 0 saturated carbocycles.